The normalized spacial score (nSPS) is 12.0. The van der Waals surface area contributed by atoms with Gasteiger partial charge in [-0.25, -0.2) is 4.98 Å². The molecule has 146 valence electrons. The molecule has 29 heavy (non-hydrogen) atoms. The number of fused-ring (bicyclic) bond motifs is 1. The Kier molecular flexibility index (Phi) is 5.76. The molecule has 4 rings (SSSR count). The van der Waals surface area contributed by atoms with Crippen LogP contribution >= 0.6 is 11.8 Å². The first-order valence-corrected chi connectivity index (χ1v) is 10.2. The quantitative estimate of drug-likeness (QED) is 0.407. The number of amides is 1. The lowest BCUT2D eigenvalue weighted by Crippen LogP contribution is -2.32. The fourth-order valence-corrected chi connectivity index (χ4v) is 3.74. The summed E-state index contributed by atoms with van der Waals surface area (Å²) in [6, 6.07) is 18.2. The molecular weight excluding hydrogens is 384 g/mol. The van der Waals surface area contributed by atoms with Crippen LogP contribution in [0.3, 0.4) is 0 Å². The van der Waals surface area contributed by atoms with Crippen LogP contribution in [0.1, 0.15) is 17.4 Å². The van der Waals surface area contributed by atoms with E-state index in [-0.39, 0.29) is 17.7 Å². The van der Waals surface area contributed by atoms with Crippen LogP contribution in [-0.4, -0.2) is 31.7 Å². The summed E-state index contributed by atoms with van der Waals surface area (Å²) >= 11 is 1.46. The number of rotatable bonds is 7. The first kappa shape index (κ1) is 19.0. The fraction of sp³-hybridized carbons (Fsp3) is 0.136. The number of thioether (sulfide) groups is 1. The summed E-state index contributed by atoms with van der Waals surface area (Å²) in [4.78, 5) is 25.6. The lowest BCUT2D eigenvalue weighted by molar-refractivity contribution is -0.119. The standard InChI is InChI=1S/C22H20N4O2S/c27-16-7-5-15(6-8-16)13-20(22-25-18-3-1-2-4-19(18)26-22)24-21(28)14-29-17-9-11-23-12-10-17/h1-12,20,27H,13-14H2,(H,24,28)(H,25,26). The predicted molar refractivity (Wildman–Crippen MR) is 114 cm³/mol. The van der Waals surface area contributed by atoms with Crippen LogP contribution < -0.4 is 5.32 Å². The number of H-pyrrole nitrogens is 1. The highest BCUT2D eigenvalue weighted by atomic mass is 32.2. The van der Waals surface area contributed by atoms with Gasteiger partial charge in [-0.15, -0.1) is 11.8 Å². The minimum absolute atomic E-state index is 0.0731. The summed E-state index contributed by atoms with van der Waals surface area (Å²) in [5.74, 6) is 1.15. The maximum Gasteiger partial charge on any atom is 0.230 e. The van der Waals surface area contributed by atoms with E-state index >= 15 is 0 Å². The smallest absolute Gasteiger partial charge is 0.230 e. The van der Waals surface area contributed by atoms with Crippen LogP contribution in [0.25, 0.3) is 11.0 Å². The van der Waals surface area contributed by atoms with Gasteiger partial charge in [0.1, 0.15) is 11.6 Å². The summed E-state index contributed by atoms with van der Waals surface area (Å²) in [6.07, 6.45) is 3.98. The molecule has 2 aromatic heterocycles. The van der Waals surface area contributed by atoms with Crippen LogP contribution in [0.4, 0.5) is 0 Å². The van der Waals surface area contributed by atoms with Gasteiger partial charge in [0.2, 0.25) is 5.91 Å². The highest BCUT2D eigenvalue weighted by Crippen LogP contribution is 2.22. The van der Waals surface area contributed by atoms with E-state index in [9.17, 15) is 9.90 Å². The minimum atomic E-state index is -0.308. The van der Waals surface area contributed by atoms with Crippen LogP contribution in [-0.2, 0) is 11.2 Å². The molecular formula is C22H20N4O2S. The number of carbonyl (C=O) groups excluding carboxylic acids is 1. The molecule has 0 aliphatic rings. The highest BCUT2D eigenvalue weighted by molar-refractivity contribution is 8.00. The van der Waals surface area contributed by atoms with Crippen molar-refractivity contribution < 1.29 is 9.90 Å². The van der Waals surface area contributed by atoms with Crippen LogP contribution in [0.2, 0.25) is 0 Å². The monoisotopic (exact) mass is 404 g/mol. The van der Waals surface area contributed by atoms with E-state index in [4.69, 9.17) is 0 Å². The van der Waals surface area contributed by atoms with Crippen molar-refractivity contribution in [3.8, 4) is 5.75 Å². The number of aromatic amines is 1. The molecule has 1 atom stereocenters. The van der Waals surface area contributed by atoms with E-state index in [0.717, 1.165) is 21.5 Å². The lowest BCUT2D eigenvalue weighted by atomic mass is 10.1. The molecule has 0 bridgehead atoms. The van der Waals surface area contributed by atoms with Gasteiger partial charge in [0.25, 0.3) is 0 Å². The van der Waals surface area contributed by atoms with Crippen molar-refractivity contribution >= 4 is 28.7 Å². The molecule has 3 N–H and O–H groups in total. The highest BCUT2D eigenvalue weighted by Gasteiger charge is 2.19. The average molecular weight is 404 g/mol. The van der Waals surface area contributed by atoms with E-state index in [2.05, 4.69) is 20.3 Å². The first-order chi connectivity index (χ1) is 14.2. The van der Waals surface area contributed by atoms with Crippen LogP contribution in [0.15, 0.2) is 78.0 Å². The number of imidazole rings is 1. The summed E-state index contributed by atoms with van der Waals surface area (Å²) in [5.41, 5.74) is 2.78. The van der Waals surface area contributed by atoms with Crippen molar-refractivity contribution in [2.24, 2.45) is 0 Å². The van der Waals surface area contributed by atoms with Gasteiger partial charge in [-0.05, 0) is 48.4 Å². The molecule has 0 aliphatic carbocycles. The number of nitrogens with one attached hydrogen (secondary N) is 2. The Bertz CT molecular complexity index is 1060. The third-order valence-corrected chi connectivity index (χ3v) is 5.48. The number of nitrogens with zero attached hydrogens (tertiary/aromatic N) is 2. The maximum absolute atomic E-state index is 12.6. The van der Waals surface area contributed by atoms with E-state index < -0.39 is 0 Å². The molecule has 2 aromatic carbocycles. The number of aromatic hydroxyl groups is 1. The number of aromatic nitrogens is 3. The second-order valence-electron chi connectivity index (χ2n) is 6.60. The maximum atomic E-state index is 12.6. The van der Waals surface area contributed by atoms with Gasteiger partial charge < -0.3 is 15.4 Å². The van der Waals surface area contributed by atoms with E-state index in [1.165, 1.54) is 11.8 Å². The molecule has 7 heteroatoms. The number of benzene rings is 2. The third kappa shape index (κ3) is 4.94. The second-order valence-corrected chi connectivity index (χ2v) is 7.65. The Labute approximate surface area is 172 Å². The van der Waals surface area contributed by atoms with E-state index in [0.29, 0.717) is 18.0 Å². The Morgan fingerprint density at radius 2 is 1.83 bits per heavy atom. The van der Waals surface area contributed by atoms with Crippen molar-refractivity contribution in [1.82, 2.24) is 20.3 Å². The summed E-state index contributed by atoms with van der Waals surface area (Å²) < 4.78 is 0. The Hall–Kier alpha value is -3.32. The molecule has 0 aliphatic heterocycles. The summed E-state index contributed by atoms with van der Waals surface area (Å²) in [6.45, 7) is 0. The van der Waals surface area contributed by atoms with Gasteiger partial charge >= 0.3 is 0 Å². The SMILES string of the molecule is O=C(CSc1ccncc1)NC(Cc1ccc(O)cc1)c1nc2ccccc2[nH]1. The van der Waals surface area contributed by atoms with Crippen molar-refractivity contribution in [2.75, 3.05) is 5.75 Å². The number of phenols is 1. The molecule has 4 aromatic rings. The molecule has 0 saturated heterocycles. The van der Waals surface area contributed by atoms with Crippen molar-refractivity contribution in [3.05, 3.63) is 84.4 Å². The fourth-order valence-electron chi connectivity index (χ4n) is 3.04. The van der Waals surface area contributed by atoms with Gasteiger partial charge in [0.05, 0.1) is 22.8 Å². The third-order valence-electron chi connectivity index (χ3n) is 4.47. The van der Waals surface area contributed by atoms with Crippen LogP contribution in [0, 0.1) is 0 Å². The predicted octanol–water partition coefficient (Wildman–Crippen LogP) is 3.86. The molecule has 0 radical (unpaired) electrons. The number of phenolic OH excluding ortho intramolecular Hbond substituents is 1. The van der Waals surface area contributed by atoms with Gasteiger partial charge in [-0.1, -0.05) is 24.3 Å². The number of para-hydroxylation sites is 2. The molecule has 0 fully saturated rings. The number of pyridine rings is 1. The first-order valence-electron chi connectivity index (χ1n) is 9.22. The van der Waals surface area contributed by atoms with Gasteiger partial charge in [-0.2, -0.15) is 0 Å². The molecule has 0 spiro atoms. The Morgan fingerprint density at radius 3 is 2.59 bits per heavy atom. The van der Waals surface area contributed by atoms with E-state index in [1.54, 1.807) is 24.5 Å². The largest absolute Gasteiger partial charge is 0.508 e. The van der Waals surface area contributed by atoms with Crippen LogP contribution in [0.5, 0.6) is 5.75 Å². The zero-order valence-electron chi connectivity index (χ0n) is 15.6. The van der Waals surface area contributed by atoms with Gasteiger partial charge in [-0.3, -0.25) is 9.78 Å². The topological polar surface area (TPSA) is 90.9 Å². The molecule has 2 heterocycles. The lowest BCUT2D eigenvalue weighted by Gasteiger charge is -2.17. The van der Waals surface area contributed by atoms with E-state index in [1.807, 2.05) is 48.5 Å². The molecule has 1 unspecified atom stereocenters. The van der Waals surface area contributed by atoms with Crippen molar-refractivity contribution in [3.63, 3.8) is 0 Å². The number of hydrogen-bond donors (Lipinski definition) is 3. The van der Waals surface area contributed by atoms with Gasteiger partial charge in [0.15, 0.2) is 0 Å². The van der Waals surface area contributed by atoms with Gasteiger partial charge in [0, 0.05) is 17.3 Å². The molecule has 6 nitrogen and oxygen atoms in total. The van der Waals surface area contributed by atoms with Crippen molar-refractivity contribution in [1.29, 1.82) is 0 Å². The average Bonchev–Trinajstić information content (AvgIpc) is 3.18. The summed E-state index contributed by atoms with van der Waals surface area (Å²) in [7, 11) is 0. The zero-order valence-corrected chi connectivity index (χ0v) is 16.4. The summed E-state index contributed by atoms with van der Waals surface area (Å²) in [5, 5.41) is 12.6. The second kappa shape index (κ2) is 8.79. The molecule has 1 amide bonds. The zero-order chi connectivity index (χ0) is 20.1. The Morgan fingerprint density at radius 1 is 1.07 bits per heavy atom. The number of carbonyl (C=O) groups is 1. The molecule has 0 saturated carbocycles. The Balaban J connectivity index is 1.52. The van der Waals surface area contributed by atoms with Crippen molar-refractivity contribution in [2.45, 2.75) is 17.4 Å². The number of hydrogen-bond acceptors (Lipinski definition) is 5. The minimum Gasteiger partial charge on any atom is -0.508 e.